The predicted molar refractivity (Wildman–Crippen MR) is 56.8 cm³/mol. The normalized spacial score (nSPS) is 20.3. The summed E-state index contributed by atoms with van der Waals surface area (Å²) in [5, 5.41) is 13.6. The van der Waals surface area contributed by atoms with Crippen molar-refractivity contribution in [3.05, 3.63) is 52.7 Å². The van der Waals surface area contributed by atoms with Gasteiger partial charge < -0.3 is 0 Å². The fourth-order valence-electron chi connectivity index (χ4n) is 1.52. The second kappa shape index (κ2) is 4.10. The smallest absolute Gasteiger partial charge is 0.273 e. The van der Waals surface area contributed by atoms with E-state index in [4.69, 9.17) is 0 Å². The third-order valence-electron chi connectivity index (χ3n) is 2.20. The van der Waals surface area contributed by atoms with E-state index in [-0.39, 0.29) is 4.92 Å². The van der Waals surface area contributed by atoms with Crippen LogP contribution in [-0.4, -0.2) is 17.8 Å². The summed E-state index contributed by atoms with van der Waals surface area (Å²) >= 11 is 0. The van der Waals surface area contributed by atoms with Crippen molar-refractivity contribution in [1.82, 2.24) is 5.32 Å². The van der Waals surface area contributed by atoms with Crippen molar-refractivity contribution in [3.63, 3.8) is 0 Å². The van der Waals surface area contributed by atoms with Gasteiger partial charge in [-0.1, -0.05) is 24.3 Å². The summed E-state index contributed by atoms with van der Waals surface area (Å²) in [4.78, 5) is 12.1. The zero-order valence-electron chi connectivity index (χ0n) is 8.04. The first kappa shape index (κ1) is 9.67. The Hall–Kier alpha value is -1.88. The van der Waals surface area contributed by atoms with Crippen molar-refractivity contribution < 1.29 is 4.92 Å². The van der Waals surface area contributed by atoms with E-state index in [2.05, 4.69) is 5.32 Å². The summed E-state index contributed by atoms with van der Waals surface area (Å²) < 4.78 is 0. The number of nitrogens with one attached hydrogen (secondary N) is 1. The van der Waals surface area contributed by atoms with Gasteiger partial charge in [0, 0.05) is 18.4 Å². The van der Waals surface area contributed by atoms with Gasteiger partial charge in [0.05, 0.1) is 4.92 Å². The minimum Gasteiger partial charge on any atom is -0.273 e. The Kier molecular flexibility index (Phi) is 2.64. The number of rotatable bonds is 2. The highest BCUT2D eigenvalue weighted by Gasteiger charge is 2.28. The fraction of sp³-hybridized carbons (Fsp3) is 0.200. The summed E-state index contributed by atoms with van der Waals surface area (Å²) in [5.74, 6) is 0. The molecule has 15 heavy (non-hydrogen) atoms. The van der Waals surface area contributed by atoms with Crippen LogP contribution < -0.4 is 10.2 Å². The Bertz CT molecular complexity index is 378. The van der Waals surface area contributed by atoms with Crippen molar-refractivity contribution in [3.8, 4) is 0 Å². The molecule has 0 amide bonds. The molecule has 0 bridgehead atoms. The van der Waals surface area contributed by atoms with Gasteiger partial charge >= 0.3 is 6.29 Å². The largest absolute Gasteiger partial charge is 0.349 e. The Morgan fingerprint density at radius 2 is 2.13 bits per heavy atom. The quantitative estimate of drug-likeness (QED) is 0.581. The maximum absolute atomic E-state index is 10.8. The Morgan fingerprint density at radius 3 is 2.80 bits per heavy atom. The minimum absolute atomic E-state index is 0.337. The average molecular weight is 205 g/mol. The maximum Gasteiger partial charge on any atom is 0.349 e. The van der Waals surface area contributed by atoms with Crippen LogP contribution in [0.25, 0.3) is 0 Å². The first-order valence-corrected chi connectivity index (χ1v) is 4.66. The molecule has 5 nitrogen and oxygen atoms in total. The molecule has 5 heteroatoms. The van der Waals surface area contributed by atoms with Crippen LogP contribution in [-0.2, 0) is 0 Å². The van der Waals surface area contributed by atoms with E-state index in [9.17, 15) is 10.1 Å². The zero-order chi connectivity index (χ0) is 10.7. The van der Waals surface area contributed by atoms with Crippen molar-refractivity contribution in [1.29, 1.82) is 0 Å². The molecule has 1 unspecified atom stereocenters. The molecule has 1 aliphatic rings. The molecule has 2 rings (SSSR count). The summed E-state index contributed by atoms with van der Waals surface area (Å²) in [7, 11) is 0. The standard InChI is InChI=1S/C10H11N3O2/c14-13(15)10-11-7-4-8-12(10)9-5-2-1-3-6-9/h1-6,8,10-11H,7H2. The van der Waals surface area contributed by atoms with Crippen LogP contribution in [0.1, 0.15) is 0 Å². The number of anilines is 1. The topological polar surface area (TPSA) is 58.4 Å². The van der Waals surface area contributed by atoms with Crippen LogP contribution >= 0.6 is 0 Å². The van der Waals surface area contributed by atoms with E-state index in [0.29, 0.717) is 6.54 Å². The van der Waals surface area contributed by atoms with Gasteiger partial charge in [-0.3, -0.25) is 15.0 Å². The third kappa shape index (κ3) is 1.97. The van der Waals surface area contributed by atoms with Crippen LogP contribution in [0, 0.1) is 10.1 Å². The molecule has 0 saturated heterocycles. The molecule has 1 atom stereocenters. The van der Waals surface area contributed by atoms with Crippen molar-refractivity contribution in [2.24, 2.45) is 0 Å². The third-order valence-corrected chi connectivity index (χ3v) is 2.20. The second-order valence-corrected chi connectivity index (χ2v) is 3.19. The molecule has 1 heterocycles. The average Bonchev–Trinajstić information content (AvgIpc) is 2.30. The molecule has 1 aromatic carbocycles. The molecule has 1 aliphatic heterocycles. The van der Waals surface area contributed by atoms with E-state index < -0.39 is 6.29 Å². The van der Waals surface area contributed by atoms with E-state index in [1.54, 1.807) is 11.1 Å². The SMILES string of the molecule is O=[N+]([O-])C1NCC=CN1c1ccccc1. The zero-order valence-corrected chi connectivity index (χ0v) is 8.04. The first-order valence-electron chi connectivity index (χ1n) is 4.66. The summed E-state index contributed by atoms with van der Waals surface area (Å²) in [6.45, 7) is 0.523. The molecule has 0 radical (unpaired) electrons. The monoisotopic (exact) mass is 205 g/mol. The summed E-state index contributed by atoms with van der Waals surface area (Å²) in [6, 6.07) is 9.27. The van der Waals surface area contributed by atoms with Gasteiger partial charge in [-0.2, -0.15) is 0 Å². The lowest BCUT2D eigenvalue weighted by molar-refractivity contribution is -0.527. The van der Waals surface area contributed by atoms with E-state index >= 15 is 0 Å². The van der Waals surface area contributed by atoms with E-state index in [0.717, 1.165) is 5.69 Å². The molecule has 0 saturated carbocycles. The van der Waals surface area contributed by atoms with Gasteiger partial charge in [0.15, 0.2) is 0 Å². The maximum atomic E-state index is 10.8. The number of para-hydroxylation sites is 1. The number of nitro groups is 1. The number of benzene rings is 1. The van der Waals surface area contributed by atoms with Crippen LogP contribution in [0.5, 0.6) is 0 Å². The second-order valence-electron chi connectivity index (χ2n) is 3.19. The minimum atomic E-state index is -0.877. The lowest BCUT2D eigenvalue weighted by Gasteiger charge is -2.27. The molecular formula is C10H11N3O2. The van der Waals surface area contributed by atoms with Gasteiger partial charge in [0.25, 0.3) is 0 Å². The molecule has 0 fully saturated rings. The van der Waals surface area contributed by atoms with Gasteiger partial charge in [0.1, 0.15) is 0 Å². The molecular weight excluding hydrogens is 194 g/mol. The first-order chi connectivity index (χ1) is 7.29. The molecule has 78 valence electrons. The highest BCUT2D eigenvalue weighted by atomic mass is 16.6. The number of nitrogens with zero attached hydrogens (tertiary/aromatic N) is 2. The molecule has 0 spiro atoms. The summed E-state index contributed by atoms with van der Waals surface area (Å²) in [5.41, 5.74) is 0.808. The van der Waals surface area contributed by atoms with Crippen LogP contribution in [0.2, 0.25) is 0 Å². The van der Waals surface area contributed by atoms with Crippen LogP contribution in [0.15, 0.2) is 42.6 Å². The van der Waals surface area contributed by atoms with Gasteiger partial charge in [-0.05, 0) is 12.1 Å². The van der Waals surface area contributed by atoms with Gasteiger partial charge in [0.2, 0.25) is 0 Å². The summed E-state index contributed by atoms with van der Waals surface area (Å²) in [6.07, 6.45) is 2.71. The number of hydrogen-bond donors (Lipinski definition) is 1. The highest BCUT2D eigenvalue weighted by Crippen LogP contribution is 2.17. The molecule has 1 N–H and O–H groups in total. The molecule has 0 aliphatic carbocycles. The van der Waals surface area contributed by atoms with Crippen molar-refractivity contribution >= 4 is 5.69 Å². The van der Waals surface area contributed by atoms with Crippen molar-refractivity contribution in [2.75, 3.05) is 11.4 Å². The van der Waals surface area contributed by atoms with Gasteiger partial charge in [-0.25, -0.2) is 5.32 Å². The van der Waals surface area contributed by atoms with Crippen LogP contribution in [0.4, 0.5) is 5.69 Å². The highest BCUT2D eigenvalue weighted by molar-refractivity contribution is 5.49. The fourth-order valence-corrected chi connectivity index (χ4v) is 1.52. The molecule has 1 aromatic rings. The Morgan fingerprint density at radius 1 is 1.40 bits per heavy atom. The Balaban J connectivity index is 2.29. The Labute approximate surface area is 87.2 Å². The lowest BCUT2D eigenvalue weighted by Crippen LogP contribution is -2.51. The van der Waals surface area contributed by atoms with Gasteiger partial charge in [-0.15, -0.1) is 0 Å². The predicted octanol–water partition coefficient (Wildman–Crippen LogP) is 1.17. The number of hydrogen-bond acceptors (Lipinski definition) is 4. The van der Waals surface area contributed by atoms with Crippen LogP contribution in [0.3, 0.4) is 0 Å². The van der Waals surface area contributed by atoms with E-state index in [1.165, 1.54) is 0 Å². The van der Waals surface area contributed by atoms with Crippen molar-refractivity contribution in [2.45, 2.75) is 6.29 Å². The lowest BCUT2D eigenvalue weighted by atomic mass is 10.3. The molecule has 0 aromatic heterocycles. The van der Waals surface area contributed by atoms with E-state index in [1.807, 2.05) is 36.4 Å².